The highest BCUT2D eigenvalue weighted by Crippen LogP contribution is 2.23. The fourth-order valence-corrected chi connectivity index (χ4v) is 3.20. The van der Waals surface area contributed by atoms with Gasteiger partial charge in [-0.05, 0) is 49.6 Å². The van der Waals surface area contributed by atoms with Crippen LogP contribution in [0.25, 0.3) is 6.08 Å². The molecule has 3 nitrogen and oxygen atoms in total. The molecule has 0 N–H and O–H groups in total. The Labute approximate surface area is 150 Å². The quantitative estimate of drug-likeness (QED) is 0.793. The molecule has 1 saturated heterocycles. The molecule has 3 heteroatoms. The second-order valence-corrected chi connectivity index (χ2v) is 6.78. The van der Waals surface area contributed by atoms with Crippen molar-refractivity contribution >= 4 is 17.7 Å². The van der Waals surface area contributed by atoms with Crippen LogP contribution in [0.3, 0.4) is 0 Å². The smallest absolute Gasteiger partial charge is 0.246 e. The minimum absolute atomic E-state index is 0.0983. The predicted molar refractivity (Wildman–Crippen MR) is 105 cm³/mol. The van der Waals surface area contributed by atoms with E-state index in [4.69, 9.17) is 0 Å². The summed E-state index contributed by atoms with van der Waals surface area (Å²) in [6.07, 6.45) is 3.59. The number of carbonyl (C=O) groups excluding carboxylic acids is 1. The fraction of sp³-hybridized carbons (Fsp3) is 0.318. The number of piperazine rings is 1. The molecule has 130 valence electrons. The highest BCUT2D eigenvalue weighted by atomic mass is 16.2. The van der Waals surface area contributed by atoms with Crippen molar-refractivity contribution in [3.05, 3.63) is 70.8 Å². The van der Waals surface area contributed by atoms with Gasteiger partial charge in [-0.25, -0.2) is 0 Å². The maximum absolute atomic E-state index is 12.4. The largest absolute Gasteiger partial charge is 0.368 e. The van der Waals surface area contributed by atoms with Gasteiger partial charge in [-0.2, -0.15) is 0 Å². The highest BCUT2D eigenvalue weighted by molar-refractivity contribution is 5.92. The fourth-order valence-electron chi connectivity index (χ4n) is 3.20. The molecule has 0 aliphatic carbocycles. The SMILES string of the molecule is Cc1ccc(C=CC(=O)N2CCN(c3cccc(C)c3C)CC2)cc1. The van der Waals surface area contributed by atoms with Gasteiger partial charge in [-0.15, -0.1) is 0 Å². The van der Waals surface area contributed by atoms with Crippen molar-refractivity contribution in [2.24, 2.45) is 0 Å². The summed E-state index contributed by atoms with van der Waals surface area (Å²) in [4.78, 5) is 16.7. The van der Waals surface area contributed by atoms with E-state index in [1.165, 1.54) is 22.4 Å². The van der Waals surface area contributed by atoms with E-state index < -0.39 is 0 Å². The first-order valence-electron chi connectivity index (χ1n) is 8.89. The summed E-state index contributed by atoms with van der Waals surface area (Å²) in [6, 6.07) is 14.6. The maximum Gasteiger partial charge on any atom is 0.246 e. The lowest BCUT2D eigenvalue weighted by Gasteiger charge is -2.36. The van der Waals surface area contributed by atoms with Crippen molar-refractivity contribution in [2.75, 3.05) is 31.1 Å². The third kappa shape index (κ3) is 4.11. The molecule has 0 aromatic heterocycles. The molecule has 25 heavy (non-hydrogen) atoms. The number of amides is 1. The van der Waals surface area contributed by atoms with Crippen molar-refractivity contribution in [1.82, 2.24) is 4.90 Å². The molecule has 0 spiro atoms. The summed E-state index contributed by atoms with van der Waals surface area (Å²) >= 11 is 0. The highest BCUT2D eigenvalue weighted by Gasteiger charge is 2.20. The van der Waals surface area contributed by atoms with Crippen LogP contribution in [0.4, 0.5) is 5.69 Å². The Hall–Kier alpha value is -2.55. The second kappa shape index (κ2) is 7.56. The van der Waals surface area contributed by atoms with Gasteiger partial charge in [-0.1, -0.05) is 42.0 Å². The average molecular weight is 334 g/mol. The molecule has 0 saturated carbocycles. The summed E-state index contributed by atoms with van der Waals surface area (Å²) in [5.74, 6) is 0.0983. The molecule has 1 heterocycles. The second-order valence-electron chi connectivity index (χ2n) is 6.78. The minimum Gasteiger partial charge on any atom is -0.368 e. The zero-order chi connectivity index (χ0) is 17.8. The zero-order valence-corrected chi connectivity index (χ0v) is 15.3. The molecule has 0 atom stereocenters. The lowest BCUT2D eigenvalue weighted by atomic mass is 10.1. The molecule has 2 aromatic rings. The number of benzene rings is 2. The summed E-state index contributed by atoms with van der Waals surface area (Å²) in [5.41, 5.74) is 6.24. The number of hydrogen-bond acceptors (Lipinski definition) is 2. The van der Waals surface area contributed by atoms with Gasteiger partial charge in [0.05, 0.1) is 0 Å². The van der Waals surface area contributed by atoms with E-state index in [1.807, 2.05) is 23.1 Å². The minimum atomic E-state index is 0.0983. The van der Waals surface area contributed by atoms with E-state index in [1.54, 1.807) is 6.08 Å². The van der Waals surface area contributed by atoms with E-state index in [0.29, 0.717) is 0 Å². The van der Waals surface area contributed by atoms with Crippen LogP contribution in [0.15, 0.2) is 48.5 Å². The van der Waals surface area contributed by atoms with Crippen LogP contribution in [0.2, 0.25) is 0 Å². The van der Waals surface area contributed by atoms with Crippen LogP contribution in [-0.2, 0) is 4.79 Å². The summed E-state index contributed by atoms with van der Waals surface area (Å²) < 4.78 is 0. The van der Waals surface area contributed by atoms with Crippen molar-refractivity contribution in [2.45, 2.75) is 20.8 Å². The third-order valence-corrected chi connectivity index (χ3v) is 5.00. The molecule has 3 rings (SSSR count). The van der Waals surface area contributed by atoms with E-state index in [2.05, 4.69) is 56.0 Å². The molecule has 2 aromatic carbocycles. The molecule has 0 bridgehead atoms. The molecule has 0 unspecified atom stereocenters. The zero-order valence-electron chi connectivity index (χ0n) is 15.3. The Morgan fingerprint density at radius 1 is 0.920 bits per heavy atom. The van der Waals surface area contributed by atoms with Crippen molar-refractivity contribution in [3.63, 3.8) is 0 Å². The Bertz CT molecular complexity index is 769. The van der Waals surface area contributed by atoms with Gasteiger partial charge in [0.2, 0.25) is 5.91 Å². The Morgan fingerprint density at radius 3 is 2.28 bits per heavy atom. The average Bonchev–Trinajstić information content (AvgIpc) is 2.63. The van der Waals surface area contributed by atoms with Crippen LogP contribution >= 0.6 is 0 Å². The molecule has 1 amide bonds. The van der Waals surface area contributed by atoms with E-state index in [0.717, 1.165) is 31.7 Å². The lowest BCUT2D eigenvalue weighted by Crippen LogP contribution is -2.48. The van der Waals surface area contributed by atoms with Gasteiger partial charge >= 0.3 is 0 Å². The topological polar surface area (TPSA) is 23.6 Å². The Balaban J connectivity index is 1.59. The molecule has 0 radical (unpaired) electrons. The van der Waals surface area contributed by atoms with Crippen LogP contribution < -0.4 is 4.90 Å². The monoisotopic (exact) mass is 334 g/mol. The van der Waals surface area contributed by atoms with Gasteiger partial charge < -0.3 is 9.80 Å². The predicted octanol–water partition coefficient (Wildman–Crippen LogP) is 3.97. The number of hydrogen-bond donors (Lipinski definition) is 0. The van der Waals surface area contributed by atoms with E-state index in [9.17, 15) is 4.79 Å². The molecule has 1 aliphatic heterocycles. The van der Waals surface area contributed by atoms with Gasteiger partial charge in [0.15, 0.2) is 0 Å². The first kappa shape index (κ1) is 17.3. The first-order chi connectivity index (χ1) is 12.0. The van der Waals surface area contributed by atoms with Crippen molar-refractivity contribution < 1.29 is 4.79 Å². The van der Waals surface area contributed by atoms with Crippen LogP contribution in [0.1, 0.15) is 22.3 Å². The van der Waals surface area contributed by atoms with Gasteiger partial charge in [0, 0.05) is 37.9 Å². The lowest BCUT2D eigenvalue weighted by molar-refractivity contribution is -0.126. The normalized spacial score (nSPS) is 15.0. The van der Waals surface area contributed by atoms with Gasteiger partial charge in [0.1, 0.15) is 0 Å². The van der Waals surface area contributed by atoms with Crippen LogP contribution in [0, 0.1) is 20.8 Å². The number of nitrogens with zero attached hydrogens (tertiary/aromatic N) is 2. The standard InChI is InChI=1S/C22H26N2O/c1-17-7-9-20(10-8-17)11-12-22(25)24-15-13-23(14-16-24)21-6-4-5-18(2)19(21)3/h4-12H,13-16H2,1-3H3. The molecule has 1 fully saturated rings. The summed E-state index contributed by atoms with van der Waals surface area (Å²) in [6.45, 7) is 9.69. The molecular weight excluding hydrogens is 308 g/mol. The summed E-state index contributed by atoms with van der Waals surface area (Å²) in [5, 5.41) is 0. The first-order valence-corrected chi connectivity index (χ1v) is 8.89. The Kier molecular flexibility index (Phi) is 5.22. The Morgan fingerprint density at radius 2 is 1.60 bits per heavy atom. The number of rotatable bonds is 3. The maximum atomic E-state index is 12.4. The van der Waals surface area contributed by atoms with E-state index in [-0.39, 0.29) is 5.91 Å². The van der Waals surface area contributed by atoms with Gasteiger partial charge in [0.25, 0.3) is 0 Å². The number of aryl methyl sites for hydroxylation is 2. The van der Waals surface area contributed by atoms with Crippen molar-refractivity contribution in [1.29, 1.82) is 0 Å². The van der Waals surface area contributed by atoms with Crippen LogP contribution in [-0.4, -0.2) is 37.0 Å². The number of carbonyl (C=O) groups is 1. The van der Waals surface area contributed by atoms with Gasteiger partial charge in [-0.3, -0.25) is 4.79 Å². The molecule has 1 aliphatic rings. The third-order valence-electron chi connectivity index (χ3n) is 5.00. The van der Waals surface area contributed by atoms with Crippen molar-refractivity contribution in [3.8, 4) is 0 Å². The number of anilines is 1. The summed E-state index contributed by atoms with van der Waals surface area (Å²) in [7, 11) is 0. The van der Waals surface area contributed by atoms with E-state index >= 15 is 0 Å². The van der Waals surface area contributed by atoms with Crippen LogP contribution in [0.5, 0.6) is 0 Å². The molecular formula is C22H26N2O.